The van der Waals surface area contributed by atoms with E-state index in [1.807, 2.05) is 78.9 Å². The third-order valence-electron chi connectivity index (χ3n) is 4.82. The second kappa shape index (κ2) is 9.93. The van der Waals surface area contributed by atoms with Gasteiger partial charge in [0.05, 0.1) is 23.5 Å². The van der Waals surface area contributed by atoms with E-state index in [1.165, 1.54) is 0 Å². The Kier molecular flexibility index (Phi) is 7.07. The molecule has 31 heavy (non-hydrogen) atoms. The van der Waals surface area contributed by atoms with Gasteiger partial charge in [0.1, 0.15) is 0 Å². The van der Waals surface area contributed by atoms with Crippen molar-refractivity contribution in [3.8, 4) is 5.88 Å². The van der Waals surface area contributed by atoms with E-state index in [-0.39, 0.29) is 30.7 Å². The van der Waals surface area contributed by atoms with Gasteiger partial charge in [-0.2, -0.15) is 0 Å². The Morgan fingerprint density at radius 2 is 1.65 bits per heavy atom. The number of aromatic amines is 1. The predicted octanol–water partition coefficient (Wildman–Crippen LogP) is 4.04. The van der Waals surface area contributed by atoms with Crippen LogP contribution in [0.25, 0.3) is 10.9 Å². The standard InChI is InChI=1S/C24H22N4O2.ClH/c25-14-21(29)26-15-16-10-12-18(13-11-16)27-23(17-6-2-1-3-7-17)22-19-8-4-5-9-20(19)28-24(22)30;/h1-13,28,30H,14-15,25H2,(H,26,29);1H. The highest BCUT2D eigenvalue weighted by Crippen LogP contribution is 2.31. The highest BCUT2D eigenvalue weighted by Gasteiger charge is 2.18. The summed E-state index contributed by atoms with van der Waals surface area (Å²) in [5, 5.41) is 14.3. The minimum absolute atomic E-state index is 0. The zero-order valence-electron chi connectivity index (χ0n) is 16.7. The van der Waals surface area contributed by atoms with Crippen LogP contribution in [0.4, 0.5) is 5.69 Å². The topological polar surface area (TPSA) is 104 Å². The number of benzene rings is 3. The number of aromatic nitrogens is 1. The molecular weight excluding hydrogens is 412 g/mol. The molecule has 158 valence electrons. The van der Waals surface area contributed by atoms with Gasteiger partial charge in [-0.25, -0.2) is 4.99 Å². The Morgan fingerprint density at radius 3 is 2.35 bits per heavy atom. The second-order valence-corrected chi connectivity index (χ2v) is 6.87. The first kappa shape index (κ1) is 22.1. The molecule has 0 aliphatic rings. The van der Waals surface area contributed by atoms with Crippen LogP contribution in [-0.4, -0.2) is 28.3 Å². The Labute approximate surface area is 186 Å². The highest BCUT2D eigenvalue weighted by atomic mass is 35.5. The quantitative estimate of drug-likeness (QED) is 0.344. The number of hydrogen-bond donors (Lipinski definition) is 4. The number of aromatic hydroxyl groups is 1. The molecule has 3 aromatic carbocycles. The molecule has 0 spiro atoms. The molecule has 1 aromatic heterocycles. The summed E-state index contributed by atoms with van der Waals surface area (Å²) in [7, 11) is 0. The van der Waals surface area contributed by atoms with Gasteiger partial charge in [-0.1, -0.05) is 60.7 Å². The van der Waals surface area contributed by atoms with E-state index in [1.54, 1.807) is 0 Å². The number of nitrogens with one attached hydrogen (secondary N) is 2. The first-order valence-electron chi connectivity index (χ1n) is 9.65. The van der Waals surface area contributed by atoms with Gasteiger partial charge >= 0.3 is 0 Å². The molecule has 1 heterocycles. The number of amides is 1. The van der Waals surface area contributed by atoms with Crippen molar-refractivity contribution in [2.75, 3.05) is 6.54 Å². The molecule has 0 aliphatic heterocycles. The van der Waals surface area contributed by atoms with Crippen LogP contribution in [-0.2, 0) is 11.3 Å². The maximum atomic E-state index is 11.3. The minimum atomic E-state index is -0.196. The molecule has 7 heteroatoms. The van der Waals surface area contributed by atoms with Crippen molar-refractivity contribution in [3.05, 3.63) is 95.6 Å². The molecule has 0 radical (unpaired) electrons. The summed E-state index contributed by atoms with van der Waals surface area (Å²) in [6.45, 7) is 0.381. The predicted molar refractivity (Wildman–Crippen MR) is 126 cm³/mol. The smallest absolute Gasteiger partial charge is 0.234 e. The summed E-state index contributed by atoms with van der Waals surface area (Å²) >= 11 is 0. The molecule has 6 nitrogen and oxygen atoms in total. The highest BCUT2D eigenvalue weighted by molar-refractivity contribution is 6.21. The number of halogens is 1. The Bertz CT molecular complexity index is 1200. The SMILES string of the molecule is Cl.NCC(=O)NCc1ccc(N=C(c2ccccc2)c2c(O)[nH]c3ccccc23)cc1. The molecule has 0 saturated carbocycles. The molecule has 0 atom stereocenters. The van der Waals surface area contributed by atoms with Crippen molar-refractivity contribution < 1.29 is 9.90 Å². The maximum Gasteiger partial charge on any atom is 0.234 e. The van der Waals surface area contributed by atoms with Crippen molar-refractivity contribution in [1.82, 2.24) is 10.3 Å². The van der Waals surface area contributed by atoms with Crippen LogP contribution in [0, 0.1) is 0 Å². The normalized spacial score (nSPS) is 11.2. The van der Waals surface area contributed by atoms with Crippen molar-refractivity contribution in [1.29, 1.82) is 0 Å². The minimum Gasteiger partial charge on any atom is -0.494 e. The first-order chi connectivity index (χ1) is 14.7. The largest absolute Gasteiger partial charge is 0.494 e. The number of aliphatic imine (C=N–C) groups is 1. The number of nitrogens with zero attached hydrogens (tertiary/aromatic N) is 1. The molecule has 5 N–H and O–H groups in total. The van der Waals surface area contributed by atoms with E-state index in [0.717, 1.165) is 27.7 Å². The first-order valence-corrected chi connectivity index (χ1v) is 9.65. The fraction of sp³-hybridized carbons (Fsp3) is 0.0833. The Hall–Kier alpha value is -3.61. The molecule has 0 aliphatic carbocycles. The van der Waals surface area contributed by atoms with Gasteiger partial charge in [0.15, 0.2) is 5.88 Å². The summed E-state index contributed by atoms with van der Waals surface area (Å²) < 4.78 is 0. The fourth-order valence-electron chi connectivity index (χ4n) is 3.32. The lowest BCUT2D eigenvalue weighted by atomic mass is 10.0. The van der Waals surface area contributed by atoms with E-state index >= 15 is 0 Å². The van der Waals surface area contributed by atoms with Crippen molar-refractivity contribution in [3.63, 3.8) is 0 Å². The lowest BCUT2D eigenvalue weighted by Crippen LogP contribution is -2.29. The van der Waals surface area contributed by atoms with Gasteiger partial charge in [0, 0.05) is 23.0 Å². The number of rotatable bonds is 6. The second-order valence-electron chi connectivity index (χ2n) is 6.87. The van der Waals surface area contributed by atoms with Crippen LogP contribution in [0.1, 0.15) is 16.7 Å². The number of para-hydroxylation sites is 1. The van der Waals surface area contributed by atoms with Crippen molar-refractivity contribution in [2.24, 2.45) is 10.7 Å². The van der Waals surface area contributed by atoms with E-state index in [4.69, 9.17) is 10.7 Å². The van der Waals surface area contributed by atoms with Crippen LogP contribution < -0.4 is 11.1 Å². The lowest BCUT2D eigenvalue weighted by Gasteiger charge is -2.08. The summed E-state index contributed by atoms with van der Waals surface area (Å²) in [5.74, 6) is -0.113. The van der Waals surface area contributed by atoms with Gasteiger partial charge in [0.2, 0.25) is 5.91 Å². The monoisotopic (exact) mass is 434 g/mol. The lowest BCUT2D eigenvalue weighted by molar-refractivity contribution is -0.119. The van der Waals surface area contributed by atoms with Crippen LogP contribution in [0.15, 0.2) is 83.9 Å². The van der Waals surface area contributed by atoms with Gasteiger partial charge in [-0.05, 0) is 23.8 Å². The Morgan fingerprint density at radius 1 is 0.968 bits per heavy atom. The molecular formula is C24H23ClN4O2. The number of nitrogens with two attached hydrogens (primary N) is 1. The fourth-order valence-corrected chi connectivity index (χ4v) is 3.32. The van der Waals surface area contributed by atoms with E-state index in [2.05, 4.69) is 10.3 Å². The molecule has 0 saturated heterocycles. The van der Waals surface area contributed by atoms with Crippen LogP contribution in [0.5, 0.6) is 5.88 Å². The van der Waals surface area contributed by atoms with Gasteiger partial charge in [0.25, 0.3) is 0 Å². The number of H-pyrrole nitrogens is 1. The van der Waals surface area contributed by atoms with Gasteiger partial charge < -0.3 is 21.1 Å². The summed E-state index contributed by atoms with van der Waals surface area (Å²) in [4.78, 5) is 19.2. The van der Waals surface area contributed by atoms with Crippen molar-refractivity contribution >= 4 is 40.6 Å². The maximum absolute atomic E-state index is 11.3. The number of hydrogen-bond acceptors (Lipinski definition) is 4. The number of fused-ring (bicyclic) bond motifs is 1. The number of carbonyl (C=O) groups is 1. The molecule has 4 aromatic rings. The van der Waals surface area contributed by atoms with Crippen molar-refractivity contribution in [2.45, 2.75) is 6.54 Å². The van der Waals surface area contributed by atoms with E-state index in [0.29, 0.717) is 17.8 Å². The molecule has 4 rings (SSSR count). The summed E-state index contributed by atoms with van der Waals surface area (Å²) in [6, 6.07) is 25.1. The van der Waals surface area contributed by atoms with Gasteiger partial charge in [-0.15, -0.1) is 12.4 Å². The van der Waals surface area contributed by atoms with Crippen LogP contribution in [0.3, 0.4) is 0 Å². The molecule has 0 fully saturated rings. The van der Waals surface area contributed by atoms with Crippen LogP contribution >= 0.6 is 12.4 Å². The van der Waals surface area contributed by atoms with E-state index in [9.17, 15) is 9.90 Å². The van der Waals surface area contributed by atoms with Gasteiger partial charge in [-0.3, -0.25) is 4.79 Å². The Balaban J connectivity index is 0.00000272. The molecule has 0 bridgehead atoms. The zero-order chi connectivity index (χ0) is 20.9. The van der Waals surface area contributed by atoms with E-state index < -0.39 is 0 Å². The third-order valence-corrected chi connectivity index (χ3v) is 4.82. The summed E-state index contributed by atoms with van der Waals surface area (Å²) in [5.41, 5.74) is 10.1. The average Bonchev–Trinajstić information content (AvgIpc) is 3.12. The average molecular weight is 435 g/mol. The molecule has 1 amide bonds. The molecule has 0 unspecified atom stereocenters. The zero-order valence-corrected chi connectivity index (χ0v) is 17.5. The summed E-state index contributed by atoms with van der Waals surface area (Å²) in [6.07, 6.45) is 0. The van der Waals surface area contributed by atoms with Crippen LogP contribution in [0.2, 0.25) is 0 Å². The third kappa shape index (κ3) is 4.94. The number of carbonyl (C=O) groups excluding carboxylic acids is 1.